The maximum Gasteiger partial charge on any atom is 0.190 e. The Morgan fingerprint density at radius 2 is 2.14 bits per heavy atom. The summed E-state index contributed by atoms with van der Waals surface area (Å²) < 4.78 is 2.06. The highest BCUT2D eigenvalue weighted by molar-refractivity contribution is 7.09. The molecule has 2 N–H and O–H groups in total. The minimum absolute atomic E-state index is 0.866. The summed E-state index contributed by atoms with van der Waals surface area (Å²) in [7, 11) is 1.81. The number of aliphatic imine (C=N–C) groups is 1. The van der Waals surface area contributed by atoms with E-state index in [0.717, 1.165) is 44.1 Å². The van der Waals surface area contributed by atoms with Crippen molar-refractivity contribution < 1.29 is 0 Å². The van der Waals surface area contributed by atoms with Crippen LogP contribution in [0.15, 0.2) is 28.6 Å². The smallest absolute Gasteiger partial charge is 0.190 e. The Hall–Kier alpha value is -1.82. The molecule has 0 radical (unpaired) electrons. The van der Waals surface area contributed by atoms with Crippen LogP contribution in [0.1, 0.15) is 22.7 Å². The fourth-order valence-corrected chi connectivity index (χ4v) is 3.03. The normalized spacial score (nSPS) is 11.7. The maximum absolute atomic E-state index is 4.47. The molecule has 2 heterocycles. The summed E-state index contributed by atoms with van der Waals surface area (Å²) in [5.41, 5.74) is 2.30. The molecule has 0 amide bonds. The summed E-state index contributed by atoms with van der Waals surface area (Å²) in [4.78, 5) is 5.64. The molecule has 0 fully saturated rings. The molecule has 120 valence electrons. The second-order valence-corrected chi connectivity index (χ2v) is 6.29. The average molecular weight is 319 g/mol. The third-order valence-corrected chi connectivity index (χ3v) is 4.35. The molecule has 0 unspecified atom stereocenters. The molecule has 0 aliphatic heterocycles. The van der Waals surface area contributed by atoms with Gasteiger partial charge in [-0.15, -0.1) is 11.3 Å². The number of nitrogens with one attached hydrogen (secondary N) is 2. The molecule has 5 nitrogen and oxygen atoms in total. The summed E-state index contributed by atoms with van der Waals surface area (Å²) >= 11 is 1.79. The van der Waals surface area contributed by atoms with Crippen LogP contribution in [0.2, 0.25) is 0 Å². The van der Waals surface area contributed by atoms with Crippen LogP contribution in [0.25, 0.3) is 0 Å². The summed E-state index contributed by atoms with van der Waals surface area (Å²) in [6, 6.07) is 6.36. The van der Waals surface area contributed by atoms with Gasteiger partial charge in [-0.05, 0) is 44.2 Å². The molecular weight excluding hydrogens is 294 g/mol. The number of hydrogen-bond acceptors (Lipinski definition) is 3. The highest BCUT2D eigenvalue weighted by Gasteiger charge is 2.01. The van der Waals surface area contributed by atoms with E-state index in [9.17, 15) is 0 Å². The molecule has 6 heteroatoms. The van der Waals surface area contributed by atoms with Gasteiger partial charge in [-0.3, -0.25) is 9.67 Å². The minimum atomic E-state index is 0.866. The van der Waals surface area contributed by atoms with Gasteiger partial charge in [-0.1, -0.05) is 6.07 Å². The van der Waals surface area contributed by atoms with E-state index in [1.165, 1.54) is 10.6 Å². The molecular formula is C16H25N5S. The molecule has 2 rings (SSSR count). The highest BCUT2D eigenvalue weighted by atomic mass is 32.1. The fourth-order valence-electron chi connectivity index (χ4n) is 2.32. The van der Waals surface area contributed by atoms with E-state index in [4.69, 9.17) is 0 Å². The molecule has 22 heavy (non-hydrogen) atoms. The van der Waals surface area contributed by atoms with Crippen molar-refractivity contribution in [3.63, 3.8) is 0 Å². The summed E-state index contributed by atoms with van der Waals surface area (Å²) in [6.45, 7) is 6.84. The molecule has 0 spiro atoms. The Kier molecular flexibility index (Phi) is 6.45. The van der Waals surface area contributed by atoms with Crippen molar-refractivity contribution in [1.29, 1.82) is 0 Å². The van der Waals surface area contributed by atoms with Crippen LogP contribution in [0.5, 0.6) is 0 Å². The first-order chi connectivity index (χ1) is 10.7. The van der Waals surface area contributed by atoms with Crippen LogP contribution in [-0.2, 0) is 13.0 Å². The first-order valence-electron chi connectivity index (χ1n) is 7.67. The van der Waals surface area contributed by atoms with Gasteiger partial charge in [0.05, 0.1) is 5.69 Å². The van der Waals surface area contributed by atoms with E-state index < -0.39 is 0 Å². The number of rotatable bonds is 7. The highest BCUT2D eigenvalue weighted by Crippen LogP contribution is 2.08. The van der Waals surface area contributed by atoms with Crippen molar-refractivity contribution in [2.75, 3.05) is 20.1 Å². The van der Waals surface area contributed by atoms with Crippen LogP contribution in [0, 0.1) is 13.8 Å². The summed E-state index contributed by atoms with van der Waals surface area (Å²) in [5.74, 6) is 0.866. The van der Waals surface area contributed by atoms with E-state index in [2.05, 4.69) is 55.9 Å². The Bertz CT molecular complexity index is 586. The number of nitrogens with zero attached hydrogens (tertiary/aromatic N) is 3. The van der Waals surface area contributed by atoms with E-state index in [1.54, 1.807) is 11.3 Å². The van der Waals surface area contributed by atoms with Crippen molar-refractivity contribution in [2.45, 2.75) is 33.2 Å². The molecule has 0 aromatic carbocycles. The second kappa shape index (κ2) is 8.58. The zero-order valence-electron chi connectivity index (χ0n) is 13.6. The lowest BCUT2D eigenvalue weighted by atomic mass is 10.3. The lowest BCUT2D eigenvalue weighted by molar-refractivity contribution is 0.555. The molecule has 0 aliphatic carbocycles. The molecule has 0 aliphatic rings. The first kappa shape index (κ1) is 16.5. The lowest BCUT2D eigenvalue weighted by Crippen LogP contribution is -2.38. The van der Waals surface area contributed by atoms with Gasteiger partial charge in [0.15, 0.2) is 5.96 Å². The van der Waals surface area contributed by atoms with Crippen molar-refractivity contribution in [3.05, 3.63) is 39.8 Å². The number of aromatic nitrogens is 2. The molecule has 2 aromatic heterocycles. The monoisotopic (exact) mass is 319 g/mol. The van der Waals surface area contributed by atoms with Gasteiger partial charge in [-0.25, -0.2) is 0 Å². The predicted octanol–water partition coefficient (Wildman–Crippen LogP) is 2.36. The average Bonchev–Trinajstić information content (AvgIpc) is 3.11. The van der Waals surface area contributed by atoms with Crippen molar-refractivity contribution in [2.24, 2.45) is 4.99 Å². The number of hydrogen-bond donors (Lipinski definition) is 2. The molecule has 0 saturated heterocycles. The van der Waals surface area contributed by atoms with Gasteiger partial charge in [0, 0.05) is 37.3 Å². The van der Waals surface area contributed by atoms with Gasteiger partial charge in [0.25, 0.3) is 0 Å². The van der Waals surface area contributed by atoms with E-state index in [-0.39, 0.29) is 0 Å². The van der Waals surface area contributed by atoms with Gasteiger partial charge in [0.2, 0.25) is 0 Å². The largest absolute Gasteiger partial charge is 0.356 e. The predicted molar refractivity (Wildman–Crippen MR) is 93.7 cm³/mol. The topological polar surface area (TPSA) is 54.2 Å². The van der Waals surface area contributed by atoms with Crippen molar-refractivity contribution in [3.8, 4) is 0 Å². The van der Waals surface area contributed by atoms with Gasteiger partial charge in [-0.2, -0.15) is 5.10 Å². The molecule has 0 atom stereocenters. The second-order valence-electron chi connectivity index (χ2n) is 5.26. The number of aryl methyl sites for hydroxylation is 3. The first-order valence-corrected chi connectivity index (χ1v) is 8.55. The van der Waals surface area contributed by atoms with Crippen molar-refractivity contribution in [1.82, 2.24) is 20.4 Å². The Morgan fingerprint density at radius 3 is 2.77 bits per heavy atom. The Balaban J connectivity index is 1.63. The standard InChI is InChI=1S/C16H25N5S/c1-13-12-14(2)21(20-13)10-5-8-18-16(17-3)19-9-7-15-6-4-11-22-15/h4,6,11-12H,5,7-10H2,1-3H3,(H2,17,18,19). The van der Waals surface area contributed by atoms with E-state index in [1.807, 2.05) is 14.0 Å². The quantitative estimate of drug-likeness (QED) is 0.468. The molecule has 0 bridgehead atoms. The van der Waals surface area contributed by atoms with Crippen LogP contribution in [-0.4, -0.2) is 35.9 Å². The van der Waals surface area contributed by atoms with E-state index in [0.29, 0.717) is 0 Å². The number of guanidine groups is 1. The van der Waals surface area contributed by atoms with Crippen LogP contribution in [0.4, 0.5) is 0 Å². The SMILES string of the molecule is CN=C(NCCCn1nc(C)cc1C)NCCc1cccs1. The third-order valence-electron chi connectivity index (χ3n) is 3.41. The summed E-state index contributed by atoms with van der Waals surface area (Å²) in [5, 5.41) is 13.3. The van der Waals surface area contributed by atoms with Crippen LogP contribution >= 0.6 is 11.3 Å². The van der Waals surface area contributed by atoms with Crippen molar-refractivity contribution >= 4 is 17.3 Å². The van der Waals surface area contributed by atoms with Gasteiger partial charge in [0.1, 0.15) is 0 Å². The lowest BCUT2D eigenvalue weighted by Gasteiger charge is -2.11. The maximum atomic E-state index is 4.47. The fraction of sp³-hybridized carbons (Fsp3) is 0.500. The van der Waals surface area contributed by atoms with Gasteiger partial charge >= 0.3 is 0 Å². The Morgan fingerprint density at radius 1 is 1.32 bits per heavy atom. The zero-order valence-corrected chi connectivity index (χ0v) is 14.4. The van der Waals surface area contributed by atoms with Crippen LogP contribution < -0.4 is 10.6 Å². The minimum Gasteiger partial charge on any atom is -0.356 e. The molecule has 0 saturated carbocycles. The number of thiophene rings is 1. The summed E-state index contributed by atoms with van der Waals surface area (Å²) in [6.07, 6.45) is 2.05. The van der Waals surface area contributed by atoms with E-state index >= 15 is 0 Å². The zero-order chi connectivity index (χ0) is 15.8. The third kappa shape index (κ3) is 5.18. The Labute approximate surface area is 136 Å². The van der Waals surface area contributed by atoms with Gasteiger partial charge < -0.3 is 10.6 Å². The van der Waals surface area contributed by atoms with Crippen LogP contribution in [0.3, 0.4) is 0 Å². The molecule has 2 aromatic rings.